The maximum atomic E-state index is 13.6. The molecule has 2 unspecified atom stereocenters. The minimum atomic E-state index is -1.19. The average molecular weight is 685 g/mol. The lowest BCUT2D eigenvalue weighted by molar-refractivity contribution is -0.139. The maximum absolute atomic E-state index is 13.6. The van der Waals surface area contributed by atoms with E-state index in [2.05, 4.69) is 15.6 Å². The topological polar surface area (TPSA) is 197 Å². The molecule has 4 rings (SSSR count). The Balaban J connectivity index is 1.55. The van der Waals surface area contributed by atoms with Crippen LogP contribution in [-0.2, 0) is 23.9 Å². The van der Waals surface area contributed by atoms with Gasteiger partial charge in [-0.25, -0.2) is 9.78 Å². The predicted octanol–water partition coefficient (Wildman–Crippen LogP) is 1.40. The number of hydrogen-bond donors (Lipinski definition) is 3. The molecule has 2 aromatic rings. The number of nitrogens with one attached hydrogen (secondary N) is 2. The number of aliphatic carboxylic acids is 1. The molecule has 0 aliphatic carbocycles. The van der Waals surface area contributed by atoms with Crippen LogP contribution in [0.5, 0.6) is 11.5 Å². The van der Waals surface area contributed by atoms with Crippen molar-refractivity contribution in [3.8, 4) is 11.5 Å². The fourth-order valence-corrected chi connectivity index (χ4v) is 5.82. The SMILES string of the molecule is CCNC(=O)C1CCCN1C(=O)COc1cc(C(=O)NC(CCC(=O)O)C(=O)N2CCN(C(=O)OCC)CC2)nc2ccc(OCC)cc12. The second kappa shape index (κ2) is 17.3. The number of pyridine rings is 1. The molecule has 0 bridgehead atoms. The summed E-state index contributed by atoms with van der Waals surface area (Å²) in [6.45, 7) is 7.19. The molecule has 3 N–H and O–H groups in total. The smallest absolute Gasteiger partial charge is 0.409 e. The number of ether oxygens (including phenoxy) is 3. The number of rotatable bonds is 14. The number of amides is 5. The summed E-state index contributed by atoms with van der Waals surface area (Å²) >= 11 is 0. The largest absolute Gasteiger partial charge is 0.494 e. The number of hydrogen-bond acceptors (Lipinski definition) is 10. The third-order valence-corrected chi connectivity index (χ3v) is 8.23. The molecule has 2 fully saturated rings. The normalized spacial score (nSPS) is 16.6. The summed E-state index contributed by atoms with van der Waals surface area (Å²) in [7, 11) is 0. The van der Waals surface area contributed by atoms with Crippen LogP contribution in [-0.4, -0.2) is 132 Å². The summed E-state index contributed by atoms with van der Waals surface area (Å²) in [5.74, 6) is -2.33. The number of nitrogens with zero attached hydrogens (tertiary/aromatic N) is 4. The van der Waals surface area contributed by atoms with Gasteiger partial charge in [0, 0.05) is 57.1 Å². The molecule has 5 amide bonds. The molecule has 2 saturated heterocycles. The van der Waals surface area contributed by atoms with E-state index in [1.165, 1.54) is 20.8 Å². The molecule has 49 heavy (non-hydrogen) atoms. The highest BCUT2D eigenvalue weighted by Gasteiger charge is 2.34. The Kier molecular flexibility index (Phi) is 13.0. The Hall–Kier alpha value is -5.15. The second-order valence-electron chi connectivity index (χ2n) is 11.5. The highest BCUT2D eigenvalue weighted by atomic mass is 16.6. The Morgan fingerprint density at radius 1 is 0.959 bits per heavy atom. The first-order chi connectivity index (χ1) is 23.6. The van der Waals surface area contributed by atoms with E-state index in [4.69, 9.17) is 14.2 Å². The number of carboxylic acid groups (broad SMARTS) is 1. The van der Waals surface area contributed by atoms with Gasteiger partial charge in [0.25, 0.3) is 11.8 Å². The third-order valence-electron chi connectivity index (χ3n) is 8.23. The minimum Gasteiger partial charge on any atom is -0.494 e. The Morgan fingerprint density at radius 3 is 2.37 bits per heavy atom. The van der Waals surface area contributed by atoms with E-state index in [9.17, 15) is 33.9 Å². The van der Waals surface area contributed by atoms with E-state index in [1.54, 1.807) is 32.0 Å². The monoisotopic (exact) mass is 684 g/mol. The molecular formula is C33H44N6O10. The number of carbonyl (C=O) groups excluding carboxylic acids is 5. The van der Waals surface area contributed by atoms with Crippen LogP contribution in [0.2, 0.25) is 0 Å². The Labute approximate surface area is 284 Å². The molecule has 16 nitrogen and oxygen atoms in total. The molecule has 16 heteroatoms. The predicted molar refractivity (Wildman–Crippen MR) is 175 cm³/mol. The zero-order chi connectivity index (χ0) is 35.5. The quantitative estimate of drug-likeness (QED) is 0.260. The van der Waals surface area contributed by atoms with Crippen molar-refractivity contribution >= 4 is 46.6 Å². The van der Waals surface area contributed by atoms with Crippen LogP contribution < -0.4 is 20.1 Å². The van der Waals surface area contributed by atoms with Crippen molar-refractivity contribution < 1.29 is 48.1 Å². The number of piperazine rings is 1. The van der Waals surface area contributed by atoms with Crippen molar-refractivity contribution in [3.63, 3.8) is 0 Å². The zero-order valence-corrected chi connectivity index (χ0v) is 28.1. The fraction of sp³-hybridized carbons (Fsp3) is 0.545. The number of benzene rings is 1. The lowest BCUT2D eigenvalue weighted by Crippen LogP contribution is -2.56. The highest BCUT2D eigenvalue weighted by Crippen LogP contribution is 2.30. The maximum Gasteiger partial charge on any atom is 0.409 e. The first kappa shape index (κ1) is 36.7. The first-order valence-corrected chi connectivity index (χ1v) is 16.6. The summed E-state index contributed by atoms with van der Waals surface area (Å²) in [6, 6.07) is 4.55. The number of likely N-dealkylation sites (tertiary alicyclic amines) is 1. The molecule has 266 valence electrons. The molecule has 0 radical (unpaired) electrons. The molecular weight excluding hydrogens is 640 g/mol. The molecule has 2 aliphatic rings. The van der Waals surface area contributed by atoms with E-state index in [0.717, 1.165) is 0 Å². The third kappa shape index (κ3) is 9.48. The van der Waals surface area contributed by atoms with E-state index < -0.39 is 48.5 Å². The van der Waals surface area contributed by atoms with Crippen LogP contribution in [0.1, 0.15) is 56.9 Å². The van der Waals surface area contributed by atoms with Crippen LogP contribution >= 0.6 is 0 Å². The molecule has 3 heterocycles. The van der Waals surface area contributed by atoms with Gasteiger partial charge in [-0.2, -0.15) is 0 Å². The van der Waals surface area contributed by atoms with Crippen molar-refractivity contribution in [1.82, 2.24) is 30.3 Å². The molecule has 2 aliphatic heterocycles. The Morgan fingerprint density at radius 2 is 1.69 bits per heavy atom. The van der Waals surface area contributed by atoms with Gasteiger partial charge in [0.2, 0.25) is 11.8 Å². The molecule has 0 spiro atoms. The van der Waals surface area contributed by atoms with Crippen LogP contribution in [0.4, 0.5) is 4.79 Å². The van der Waals surface area contributed by atoms with Gasteiger partial charge in [-0.15, -0.1) is 0 Å². The van der Waals surface area contributed by atoms with Crippen LogP contribution in [0.15, 0.2) is 24.3 Å². The lowest BCUT2D eigenvalue weighted by Gasteiger charge is -2.35. The van der Waals surface area contributed by atoms with Crippen molar-refractivity contribution in [2.75, 3.05) is 59.1 Å². The second-order valence-corrected chi connectivity index (χ2v) is 11.5. The van der Waals surface area contributed by atoms with E-state index in [0.29, 0.717) is 49.2 Å². The molecule has 1 aromatic heterocycles. The van der Waals surface area contributed by atoms with Gasteiger partial charge in [-0.05, 0) is 58.2 Å². The van der Waals surface area contributed by atoms with Crippen LogP contribution in [0, 0.1) is 0 Å². The fourth-order valence-electron chi connectivity index (χ4n) is 5.82. The van der Waals surface area contributed by atoms with Gasteiger partial charge in [0.1, 0.15) is 29.3 Å². The first-order valence-electron chi connectivity index (χ1n) is 16.6. The van der Waals surface area contributed by atoms with Crippen molar-refractivity contribution in [2.45, 2.75) is 58.5 Å². The summed E-state index contributed by atoms with van der Waals surface area (Å²) in [4.78, 5) is 85.3. The summed E-state index contributed by atoms with van der Waals surface area (Å²) in [5, 5.41) is 15.2. The average Bonchev–Trinajstić information content (AvgIpc) is 3.59. The van der Waals surface area contributed by atoms with E-state index in [-0.39, 0.29) is 63.0 Å². The minimum absolute atomic E-state index is 0.124. The van der Waals surface area contributed by atoms with Crippen molar-refractivity contribution in [3.05, 3.63) is 30.0 Å². The van der Waals surface area contributed by atoms with Gasteiger partial charge >= 0.3 is 12.1 Å². The highest BCUT2D eigenvalue weighted by molar-refractivity contribution is 6.00. The summed E-state index contributed by atoms with van der Waals surface area (Å²) in [6.07, 6.45) is 0.180. The number of likely N-dealkylation sites (N-methyl/N-ethyl adjacent to an activating group) is 1. The number of fused-ring (bicyclic) bond motifs is 1. The molecule has 0 saturated carbocycles. The van der Waals surface area contributed by atoms with Gasteiger partial charge in [0.05, 0.1) is 18.7 Å². The Bertz CT molecular complexity index is 1540. The van der Waals surface area contributed by atoms with Crippen LogP contribution in [0.25, 0.3) is 10.9 Å². The summed E-state index contributed by atoms with van der Waals surface area (Å²) < 4.78 is 16.6. The van der Waals surface area contributed by atoms with Gasteiger partial charge < -0.3 is 44.7 Å². The summed E-state index contributed by atoms with van der Waals surface area (Å²) in [5.41, 5.74) is 0.226. The van der Waals surface area contributed by atoms with Crippen molar-refractivity contribution in [1.29, 1.82) is 0 Å². The van der Waals surface area contributed by atoms with Crippen molar-refractivity contribution in [2.24, 2.45) is 0 Å². The van der Waals surface area contributed by atoms with Gasteiger partial charge in [-0.3, -0.25) is 24.0 Å². The molecule has 2 atom stereocenters. The molecule has 1 aromatic carbocycles. The lowest BCUT2D eigenvalue weighted by atomic mass is 10.1. The van der Waals surface area contributed by atoms with Gasteiger partial charge in [0.15, 0.2) is 6.61 Å². The van der Waals surface area contributed by atoms with E-state index >= 15 is 0 Å². The standard InChI is InChI=1S/C33H44N6O10/c1-4-34-31(44)26-8-7-13-39(26)28(40)20-49-27-19-25(35-23-10-9-21(47-5-2)18-22(23)27)30(43)36-24(11-12-29(41)42)32(45)37-14-16-38(17-15-37)33(46)48-6-3/h9-10,18-19,24,26H,4-8,11-17,20H2,1-3H3,(H,34,44)(H,36,43)(H,41,42). The van der Waals surface area contributed by atoms with Crippen LogP contribution in [0.3, 0.4) is 0 Å². The van der Waals surface area contributed by atoms with Gasteiger partial charge in [-0.1, -0.05) is 0 Å². The van der Waals surface area contributed by atoms with E-state index in [1.807, 2.05) is 6.92 Å². The zero-order valence-electron chi connectivity index (χ0n) is 28.1. The number of carboxylic acids is 1. The number of aromatic nitrogens is 1. The number of carbonyl (C=O) groups is 6.